The van der Waals surface area contributed by atoms with E-state index < -0.39 is 10.0 Å². The van der Waals surface area contributed by atoms with Crippen molar-refractivity contribution in [3.8, 4) is 0 Å². The van der Waals surface area contributed by atoms with Gasteiger partial charge in [0.15, 0.2) is 0 Å². The Kier molecular flexibility index (Phi) is 4.59. The van der Waals surface area contributed by atoms with Gasteiger partial charge in [0.2, 0.25) is 10.0 Å². The number of piperidine rings is 1. The first-order chi connectivity index (χ1) is 9.48. The van der Waals surface area contributed by atoms with Gasteiger partial charge in [-0.3, -0.25) is 0 Å². The van der Waals surface area contributed by atoms with Crippen LogP contribution in [0.15, 0.2) is 23.2 Å². The number of rotatable bonds is 4. The van der Waals surface area contributed by atoms with E-state index in [0.29, 0.717) is 24.8 Å². The molecule has 2 unspecified atom stereocenters. The molecule has 1 aromatic rings. The highest BCUT2D eigenvalue weighted by atomic mass is 32.2. The number of hydrazine groups is 1. The Morgan fingerprint density at radius 2 is 2.30 bits per heavy atom. The summed E-state index contributed by atoms with van der Waals surface area (Å²) in [6.45, 7) is 2.94. The number of aromatic nitrogens is 1. The van der Waals surface area contributed by atoms with Gasteiger partial charge in [0, 0.05) is 32.5 Å². The van der Waals surface area contributed by atoms with Crippen molar-refractivity contribution >= 4 is 15.8 Å². The van der Waals surface area contributed by atoms with E-state index >= 15 is 0 Å². The van der Waals surface area contributed by atoms with Crippen molar-refractivity contribution in [2.45, 2.75) is 24.3 Å². The molecule has 1 aromatic heterocycles. The van der Waals surface area contributed by atoms with Crippen LogP contribution in [0, 0.1) is 5.92 Å². The zero-order chi connectivity index (χ0) is 14.8. The first-order valence-corrected chi connectivity index (χ1v) is 7.88. The molecule has 0 amide bonds. The van der Waals surface area contributed by atoms with Crippen LogP contribution in [0.2, 0.25) is 0 Å². The maximum atomic E-state index is 12.6. The van der Waals surface area contributed by atoms with Crippen LogP contribution < -0.4 is 11.3 Å². The van der Waals surface area contributed by atoms with Crippen molar-refractivity contribution in [3.05, 3.63) is 18.3 Å². The average Bonchev–Trinajstić information content (AvgIpc) is 2.47. The molecule has 0 aliphatic carbocycles. The Morgan fingerprint density at radius 3 is 2.95 bits per heavy atom. The van der Waals surface area contributed by atoms with Gasteiger partial charge in [0.25, 0.3) is 0 Å². The molecule has 1 aliphatic heterocycles. The molecule has 0 aromatic carbocycles. The molecule has 112 valence electrons. The molecule has 1 fully saturated rings. The van der Waals surface area contributed by atoms with Gasteiger partial charge in [0.1, 0.15) is 5.82 Å². The molecular weight excluding hydrogens is 280 g/mol. The van der Waals surface area contributed by atoms with Crippen LogP contribution in [0.5, 0.6) is 0 Å². The summed E-state index contributed by atoms with van der Waals surface area (Å²) in [5.74, 6) is 5.93. The van der Waals surface area contributed by atoms with Crippen LogP contribution in [0.3, 0.4) is 0 Å². The van der Waals surface area contributed by atoms with Crippen LogP contribution in [-0.4, -0.2) is 44.0 Å². The molecule has 2 atom stereocenters. The number of nitrogens with one attached hydrogen (secondary N) is 1. The number of methoxy groups -OCH3 is 1. The fourth-order valence-electron chi connectivity index (χ4n) is 2.33. The highest BCUT2D eigenvalue weighted by molar-refractivity contribution is 7.89. The van der Waals surface area contributed by atoms with Gasteiger partial charge in [-0.1, -0.05) is 6.92 Å². The Hall–Kier alpha value is -1.22. The molecular formula is C12H20N4O3S. The first-order valence-electron chi connectivity index (χ1n) is 6.44. The summed E-state index contributed by atoms with van der Waals surface area (Å²) in [6, 6.07) is 2.89. The topological polar surface area (TPSA) is 97.5 Å². The minimum absolute atomic E-state index is 0.0764. The van der Waals surface area contributed by atoms with Gasteiger partial charge in [-0.2, -0.15) is 4.31 Å². The van der Waals surface area contributed by atoms with E-state index in [2.05, 4.69) is 17.3 Å². The zero-order valence-corrected chi connectivity index (χ0v) is 12.4. The van der Waals surface area contributed by atoms with E-state index in [0.717, 1.165) is 6.42 Å². The van der Waals surface area contributed by atoms with E-state index in [4.69, 9.17) is 10.6 Å². The monoisotopic (exact) mass is 300 g/mol. The number of nitrogens with zero attached hydrogens (tertiary/aromatic N) is 2. The van der Waals surface area contributed by atoms with Gasteiger partial charge in [-0.05, 0) is 18.4 Å². The number of pyridine rings is 1. The lowest BCUT2D eigenvalue weighted by Crippen LogP contribution is -2.46. The minimum atomic E-state index is -3.54. The van der Waals surface area contributed by atoms with Crippen molar-refractivity contribution in [2.24, 2.45) is 11.8 Å². The van der Waals surface area contributed by atoms with E-state index in [-0.39, 0.29) is 11.0 Å². The predicted octanol–water partition coefficient (Wildman–Crippen LogP) is 0.413. The second kappa shape index (κ2) is 6.04. The molecule has 20 heavy (non-hydrogen) atoms. The normalized spacial score (nSPS) is 24.6. The molecule has 1 aliphatic rings. The molecule has 2 rings (SSSR count). The summed E-state index contributed by atoms with van der Waals surface area (Å²) in [4.78, 5) is 4.10. The number of sulfonamides is 1. The molecule has 0 saturated carbocycles. The van der Waals surface area contributed by atoms with Crippen molar-refractivity contribution in [2.75, 3.05) is 25.6 Å². The lowest BCUT2D eigenvalue weighted by atomic mass is 9.97. The van der Waals surface area contributed by atoms with Gasteiger partial charge in [0.05, 0.1) is 11.0 Å². The first kappa shape index (κ1) is 15.2. The smallest absolute Gasteiger partial charge is 0.243 e. The Bertz CT molecular complexity index is 564. The Morgan fingerprint density at radius 1 is 1.55 bits per heavy atom. The third-order valence-corrected chi connectivity index (χ3v) is 5.53. The molecule has 8 heteroatoms. The molecule has 0 spiro atoms. The van der Waals surface area contributed by atoms with Crippen LogP contribution in [-0.2, 0) is 14.8 Å². The maximum absolute atomic E-state index is 12.6. The quantitative estimate of drug-likeness (QED) is 0.617. The summed E-state index contributed by atoms with van der Waals surface area (Å²) >= 11 is 0. The van der Waals surface area contributed by atoms with Gasteiger partial charge >= 0.3 is 0 Å². The van der Waals surface area contributed by atoms with E-state index in [1.807, 2.05) is 0 Å². The highest BCUT2D eigenvalue weighted by Crippen LogP contribution is 2.25. The maximum Gasteiger partial charge on any atom is 0.243 e. The minimum Gasteiger partial charge on any atom is -0.380 e. The lowest BCUT2D eigenvalue weighted by molar-refractivity contribution is 0.0184. The van der Waals surface area contributed by atoms with Crippen LogP contribution in [0.1, 0.15) is 13.3 Å². The standard InChI is InChI=1S/C12H20N4O3S/c1-9-4-6-16(8-11(9)19-2)20(17,18)10-3-5-14-12(7-10)15-13/h3,5,7,9,11H,4,6,8,13H2,1-2H3,(H,14,15). The SMILES string of the molecule is COC1CN(S(=O)(=O)c2ccnc(NN)c2)CCC1C. The van der Waals surface area contributed by atoms with Crippen molar-refractivity contribution in [3.63, 3.8) is 0 Å². The van der Waals surface area contributed by atoms with Gasteiger partial charge < -0.3 is 10.2 Å². The van der Waals surface area contributed by atoms with E-state index in [9.17, 15) is 8.42 Å². The summed E-state index contributed by atoms with van der Waals surface area (Å²) in [6.07, 6.45) is 2.13. The second-order valence-corrected chi connectivity index (χ2v) is 6.86. The van der Waals surface area contributed by atoms with E-state index in [1.54, 1.807) is 7.11 Å². The summed E-state index contributed by atoms with van der Waals surface area (Å²) in [5, 5.41) is 0. The average molecular weight is 300 g/mol. The second-order valence-electron chi connectivity index (χ2n) is 4.92. The molecule has 0 bridgehead atoms. The molecule has 7 nitrogen and oxygen atoms in total. The lowest BCUT2D eigenvalue weighted by Gasteiger charge is -2.35. The van der Waals surface area contributed by atoms with Crippen LogP contribution in [0.25, 0.3) is 0 Å². The third kappa shape index (κ3) is 2.93. The Balaban J connectivity index is 2.25. The fourth-order valence-corrected chi connectivity index (χ4v) is 3.81. The van der Waals surface area contributed by atoms with E-state index in [1.165, 1.54) is 22.6 Å². The van der Waals surface area contributed by atoms with Crippen molar-refractivity contribution < 1.29 is 13.2 Å². The van der Waals surface area contributed by atoms with Gasteiger partial charge in [-0.25, -0.2) is 19.2 Å². The summed E-state index contributed by atoms with van der Waals surface area (Å²) in [7, 11) is -1.93. The molecule has 2 heterocycles. The largest absolute Gasteiger partial charge is 0.380 e. The van der Waals surface area contributed by atoms with Crippen LogP contribution in [0.4, 0.5) is 5.82 Å². The molecule has 1 saturated heterocycles. The Labute approximate surface area is 119 Å². The number of anilines is 1. The van der Waals surface area contributed by atoms with Crippen molar-refractivity contribution in [1.82, 2.24) is 9.29 Å². The van der Waals surface area contributed by atoms with Gasteiger partial charge in [-0.15, -0.1) is 0 Å². The molecule has 3 N–H and O–H groups in total. The number of ether oxygens (including phenoxy) is 1. The third-order valence-electron chi connectivity index (χ3n) is 3.67. The molecule has 0 radical (unpaired) electrons. The number of hydrogen-bond acceptors (Lipinski definition) is 6. The summed E-state index contributed by atoms with van der Waals surface area (Å²) in [5.41, 5.74) is 2.35. The summed E-state index contributed by atoms with van der Waals surface area (Å²) < 4.78 is 32.0. The van der Waals surface area contributed by atoms with Crippen molar-refractivity contribution in [1.29, 1.82) is 0 Å². The number of nitrogens with two attached hydrogens (primary N) is 1. The predicted molar refractivity (Wildman–Crippen MR) is 75.4 cm³/mol. The number of hydrogen-bond donors (Lipinski definition) is 2. The highest BCUT2D eigenvalue weighted by Gasteiger charge is 2.33. The van der Waals surface area contributed by atoms with Crippen LogP contribution >= 0.6 is 0 Å². The fraction of sp³-hybridized carbons (Fsp3) is 0.583. The number of nitrogen functional groups attached to an aromatic ring is 1. The zero-order valence-electron chi connectivity index (χ0n) is 11.6.